The summed E-state index contributed by atoms with van der Waals surface area (Å²) < 4.78 is 0. The molecule has 2 saturated heterocycles. The maximum Gasteiger partial charge on any atom is 0.0200 e. The number of rotatable bonds is 5. The van der Waals surface area contributed by atoms with Crippen LogP contribution in [0.4, 0.5) is 0 Å². The highest BCUT2D eigenvalue weighted by molar-refractivity contribution is 4.96. The minimum Gasteiger partial charge on any atom is -0.328 e. The zero-order valence-electron chi connectivity index (χ0n) is 12.4. The quantitative estimate of drug-likeness (QED) is 0.814. The Morgan fingerprint density at radius 1 is 1.17 bits per heavy atom. The molecule has 0 aromatic heterocycles. The first-order valence-electron chi connectivity index (χ1n) is 7.91. The fourth-order valence-electron chi connectivity index (χ4n) is 4.13. The second-order valence-corrected chi connectivity index (χ2v) is 6.25. The standard InChI is InChI=1S/C15H31N3/c1-4-17(5-2)11-12(3)18-14-7-6-8-15(18)10-13(16)9-14/h12-15H,4-11,16H2,1-3H3. The number of hydrogen-bond acceptors (Lipinski definition) is 3. The molecule has 2 rings (SSSR count). The maximum atomic E-state index is 6.20. The number of fused-ring (bicyclic) bond motifs is 2. The van der Waals surface area contributed by atoms with Crippen molar-refractivity contribution in [2.75, 3.05) is 19.6 Å². The van der Waals surface area contributed by atoms with Crippen molar-refractivity contribution in [3.8, 4) is 0 Å². The molecule has 3 unspecified atom stereocenters. The molecule has 0 radical (unpaired) electrons. The molecule has 0 spiro atoms. The molecule has 0 aromatic carbocycles. The van der Waals surface area contributed by atoms with Crippen LogP contribution in [0, 0.1) is 0 Å². The molecule has 0 aromatic rings. The van der Waals surface area contributed by atoms with Crippen LogP contribution in [0.1, 0.15) is 52.9 Å². The number of hydrogen-bond donors (Lipinski definition) is 1. The second-order valence-electron chi connectivity index (χ2n) is 6.25. The van der Waals surface area contributed by atoms with E-state index in [1.54, 1.807) is 0 Å². The van der Waals surface area contributed by atoms with Crippen LogP contribution in [0.25, 0.3) is 0 Å². The van der Waals surface area contributed by atoms with Gasteiger partial charge in [0.2, 0.25) is 0 Å². The summed E-state index contributed by atoms with van der Waals surface area (Å²) in [5.74, 6) is 0. The van der Waals surface area contributed by atoms with Gasteiger partial charge in [-0.3, -0.25) is 4.90 Å². The summed E-state index contributed by atoms with van der Waals surface area (Å²) in [6.07, 6.45) is 6.59. The largest absolute Gasteiger partial charge is 0.328 e. The van der Waals surface area contributed by atoms with Crippen LogP contribution in [0.3, 0.4) is 0 Å². The van der Waals surface area contributed by atoms with E-state index in [0.717, 1.165) is 12.1 Å². The van der Waals surface area contributed by atoms with Crippen LogP contribution in [0.15, 0.2) is 0 Å². The highest BCUT2D eigenvalue weighted by Gasteiger charge is 2.39. The summed E-state index contributed by atoms with van der Waals surface area (Å²) in [4.78, 5) is 5.36. The summed E-state index contributed by atoms with van der Waals surface area (Å²) in [6.45, 7) is 10.5. The molecule has 2 heterocycles. The monoisotopic (exact) mass is 253 g/mol. The fourth-order valence-corrected chi connectivity index (χ4v) is 4.13. The van der Waals surface area contributed by atoms with E-state index in [-0.39, 0.29) is 0 Å². The molecule has 2 aliphatic heterocycles. The molecule has 3 atom stereocenters. The van der Waals surface area contributed by atoms with Crippen molar-refractivity contribution in [1.82, 2.24) is 9.80 Å². The first-order valence-corrected chi connectivity index (χ1v) is 7.91. The molecule has 3 nitrogen and oxygen atoms in total. The van der Waals surface area contributed by atoms with E-state index in [4.69, 9.17) is 5.73 Å². The first kappa shape index (κ1) is 14.3. The van der Waals surface area contributed by atoms with Gasteiger partial charge in [-0.1, -0.05) is 20.3 Å². The Morgan fingerprint density at radius 3 is 2.22 bits per heavy atom. The van der Waals surface area contributed by atoms with Gasteiger partial charge in [-0.25, -0.2) is 0 Å². The van der Waals surface area contributed by atoms with Crippen LogP contribution < -0.4 is 5.73 Å². The minimum absolute atomic E-state index is 0.456. The van der Waals surface area contributed by atoms with E-state index in [9.17, 15) is 0 Å². The van der Waals surface area contributed by atoms with Gasteiger partial charge >= 0.3 is 0 Å². The zero-order chi connectivity index (χ0) is 13.1. The second kappa shape index (κ2) is 6.36. The van der Waals surface area contributed by atoms with Gasteiger partial charge in [0, 0.05) is 30.7 Å². The topological polar surface area (TPSA) is 32.5 Å². The summed E-state index contributed by atoms with van der Waals surface area (Å²) in [6, 6.07) is 2.67. The molecule has 0 saturated carbocycles. The lowest BCUT2D eigenvalue weighted by Gasteiger charge is -2.51. The summed E-state index contributed by atoms with van der Waals surface area (Å²) >= 11 is 0. The molecule has 106 valence electrons. The van der Waals surface area contributed by atoms with Crippen LogP contribution in [0.5, 0.6) is 0 Å². The van der Waals surface area contributed by atoms with Gasteiger partial charge in [0.15, 0.2) is 0 Å². The number of likely N-dealkylation sites (N-methyl/N-ethyl adjacent to an activating group) is 1. The van der Waals surface area contributed by atoms with Crippen molar-refractivity contribution >= 4 is 0 Å². The Bertz CT molecular complexity index is 238. The molecule has 0 amide bonds. The Hall–Kier alpha value is -0.120. The first-order chi connectivity index (χ1) is 8.65. The van der Waals surface area contributed by atoms with Crippen molar-refractivity contribution in [1.29, 1.82) is 0 Å². The van der Waals surface area contributed by atoms with E-state index in [1.807, 2.05) is 0 Å². The normalized spacial score (nSPS) is 34.8. The third kappa shape index (κ3) is 3.06. The third-order valence-electron chi connectivity index (χ3n) is 4.99. The molecular formula is C15H31N3. The van der Waals surface area contributed by atoms with Gasteiger partial charge in [0.1, 0.15) is 0 Å². The zero-order valence-corrected chi connectivity index (χ0v) is 12.4. The van der Waals surface area contributed by atoms with E-state index in [2.05, 4.69) is 30.6 Å². The van der Waals surface area contributed by atoms with Crippen molar-refractivity contribution in [2.24, 2.45) is 5.73 Å². The smallest absolute Gasteiger partial charge is 0.0200 e. The predicted octanol–water partition coefficient (Wildman–Crippen LogP) is 2.06. The Kier molecular flexibility index (Phi) is 5.05. The average molecular weight is 253 g/mol. The van der Waals surface area contributed by atoms with Gasteiger partial charge in [0.25, 0.3) is 0 Å². The lowest BCUT2D eigenvalue weighted by molar-refractivity contribution is -0.00970. The maximum absolute atomic E-state index is 6.20. The number of nitrogens with zero attached hydrogens (tertiary/aromatic N) is 2. The third-order valence-corrected chi connectivity index (χ3v) is 4.99. The van der Waals surface area contributed by atoms with Crippen LogP contribution in [-0.4, -0.2) is 53.6 Å². The Labute approximate surface area is 113 Å². The average Bonchev–Trinajstić information content (AvgIpc) is 2.34. The van der Waals surface area contributed by atoms with Crippen molar-refractivity contribution in [2.45, 2.75) is 77.0 Å². The molecule has 0 aliphatic carbocycles. The van der Waals surface area contributed by atoms with Crippen molar-refractivity contribution in [3.05, 3.63) is 0 Å². The summed E-state index contributed by atoms with van der Waals surface area (Å²) in [5.41, 5.74) is 6.20. The summed E-state index contributed by atoms with van der Waals surface area (Å²) in [7, 11) is 0. The number of nitrogens with two attached hydrogens (primary N) is 1. The summed E-state index contributed by atoms with van der Waals surface area (Å²) in [5, 5.41) is 0. The fraction of sp³-hybridized carbons (Fsp3) is 1.00. The lowest BCUT2D eigenvalue weighted by Crippen LogP contribution is -2.60. The molecular weight excluding hydrogens is 222 g/mol. The van der Waals surface area contributed by atoms with E-state index in [0.29, 0.717) is 12.1 Å². The van der Waals surface area contributed by atoms with Crippen LogP contribution in [-0.2, 0) is 0 Å². The van der Waals surface area contributed by atoms with Crippen LogP contribution >= 0.6 is 0 Å². The van der Waals surface area contributed by atoms with Crippen molar-refractivity contribution in [3.63, 3.8) is 0 Å². The molecule has 2 fully saturated rings. The molecule has 2 N–H and O–H groups in total. The van der Waals surface area contributed by atoms with Gasteiger partial charge in [0.05, 0.1) is 0 Å². The van der Waals surface area contributed by atoms with Gasteiger partial charge in [-0.15, -0.1) is 0 Å². The SMILES string of the molecule is CCN(CC)CC(C)N1C2CCCC1CC(N)C2. The van der Waals surface area contributed by atoms with Gasteiger partial charge in [-0.05, 0) is 45.7 Å². The predicted molar refractivity (Wildman–Crippen MR) is 77.7 cm³/mol. The van der Waals surface area contributed by atoms with Crippen LogP contribution in [0.2, 0.25) is 0 Å². The molecule has 2 aliphatic rings. The lowest BCUT2D eigenvalue weighted by atomic mass is 9.81. The Morgan fingerprint density at radius 2 is 1.72 bits per heavy atom. The minimum atomic E-state index is 0.456. The van der Waals surface area contributed by atoms with Gasteiger partial charge < -0.3 is 10.6 Å². The van der Waals surface area contributed by atoms with E-state index >= 15 is 0 Å². The molecule has 2 bridgehead atoms. The van der Waals surface area contributed by atoms with E-state index < -0.39 is 0 Å². The molecule has 3 heteroatoms. The Balaban J connectivity index is 1.98. The van der Waals surface area contributed by atoms with Gasteiger partial charge in [-0.2, -0.15) is 0 Å². The highest BCUT2D eigenvalue weighted by Crippen LogP contribution is 2.35. The highest BCUT2D eigenvalue weighted by atomic mass is 15.3. The number of piperidine rings is 2. The van der Waals surface area contributed by atoms with Crippen molar-refractivity contribution < 1.29 is 0 Å². The van der Waals surface area contributed by atoms with E-state index in [1.165, 1.54) is 51.7 Å². The molecule has 18 heavy (non-hydrogen) atoms.